The molecule has 6 heteroatoms. The highest BCUT2D eigenvalue weighted by Gasteiger charge is 2.17. The van der Waals surface area contributed by atoms with Crippen molar-refractivity contribution in [2.75, 3.05) is 18.5 Å². The van der Waals surface area contributed by atoms with E-state index in [0.717, 1.165) is 36.3 Å². The average molecular weight is 353 g/mol. The largest absolute Gasteiger partial charge is 0.376 e. The molecular formula is C20H23N3O3. The molecule has 1 atom stereocenters. The van der Waals surface area contributed by atoms with Gasteiger partial charge in [0.25, 0.3) is 11.8 Å². The quantitative estimate of drug-likeness (QED) is 0.866. The van der Waals surface area contributed by atoms with Crippen molar-refractivity contribution in [2.24, 2.45) is 0 Å². The Labute approximate surface area is 153 Å². The summed E-state index contributed by atoms with van der Waals surface area (Å²) in [4.78, 5) is 28.9. The maximum Gasteiger partial charge on any atom is 0.274 e. The first kappa shape index (κ1) is 18.1. The summed E-state index contributed by atoms with van der Waals surface area (Å²) in [6.07, 6.45) is 3.53. The Kier molecular flexibility index (Phi) is 5.63. The van der Waals surface area contributed by atoms with Gasteiger partial charge in [0.1, 0.15) is 5.69 Å². The van der Waals surface area contributed by atoms with Crippen molar-refractivity contribution in [3.05, 3.63) is 58.9 Å². The van der Waals surface area contributed by atoms with E-state index in [9.17, 15) is 9.59 Å². The fourth-order valence-electron chi connectivity index (χ4n) is 2.87. The van der Waals surface area contributed by atoms with Crippen LogP contribution in [0.3, 0.4) is 0 Å². The summed E-state index contributed by atoms with van der Waals surface area (Å²) in [7, 11) is 0. The van der Waals surface area contributed by atoms with Gasteiger partial charge in [-0.15, -0.1) is 0 Å². The topological polar surface area (TPSA) is 80.3 Å². The van der Waals surface area contributed by atoms with Crippen molar-refractivity contribution in [1.29, 1.82) is 0 Å². The predicted molar refractivity (Wildman–Crippen MR) is 99.4 cm³/mol. The van der Waals surface area contributed by atoms with Crippen LogP contribution in [0.25, 0.3) is 0 Å². The van der Waals surface area contributed by atoms with E-state index in [1.54, 1.807) is 6.07 Å². The second-order valence-electron chi connectivity index (χ2n) is 6.55. The van der Waals surface area contributed by atoms with Crippen molar-refractivity contribution >= 4 is 17.5 Å². The maximum atomic E-state index is 12.5. The lowest BCUT2D eigenvalue weighted by Crippen LogP contribution is -2.32. The fourth-order valence-corrected chi connectivity index (χ4v) is 2.87. The molecule has 0 bridgehead atoms. The van der Waals surface area contributed by atoms with E-state index in [0.29, 0.717) is 12.1 Å². The van der Waals surface area contributed by atoms with Crippen LogP contribution in [0.5, 0.6) is 0 Å². The molecule has 1 fully saturated rings. The molecule has 3 rings (SSSR count). The van der Waals surface area contributed by atoms with Crippen LogP contribution < -0.4 is 10.6 Å². The summed E-state index contributed by atoms with van der Waals surface area (Å²) in [5.41, 5.74) is 3.38. The van der Waals surface area contributed by atoms with Gasteiger partial charge in [-0.1, -0.05) is 12.1 Å². The van der Waals surface area contributed by atoms with Crippen molar-refractivity contribution in [3.63, 3.8) is 0 Å². The van der Waals surface area contributed by atoms with Gasteiger partial charge in [-0.05, 0) is 56.0 Å². The van der Waals surface area contributed by atoms with Crippen molar-refractivity contribution in [3.8, 4) is 0 Å². The molecule has 2 aromatic rings. The van der Waals surface area contributed by atoms with Crippen LogP contribution in [-0.4, -0.2) is 36.1 Å². The molecule has 1 aromatic heterocycles. The molecule has 1 unspecified atom stereocenters. The van der Waals surface area contributed by atoms with Gasteiger partial charge in [-0.25, -0.2) is 0 Å². The first-order valence-corrected chi connectivity index (χ1v) is 8.77. The number of aryl methyl sites for hydroxylation is 2. The maximum absolute atomic E-state index is 12.5. The number of nitrogens with zero attached hydrogens (tertiary/aromatic N) is 1. The van der Waals surface area contributed by atoms with Crippen LogP contribution in [0.2, 0.25) is 0 Å². The minimum Gasteiger partial charge on any atom is -0.376 e. The van der Waals surface area contributed by atoms with Crippen LogP contribution in [0, 0.1) is 13.8 Å². The number of anilines is 1. The number of pyridine rings is 1. The van der Waals surface area contributed by atoms with Gasteiger partial charge >= 0.3 is 0 Å². The number of amides is 2. The SMILES string of the molecule is Cc1ccc(C)c(NC(=O)c2cc(C(=O)NCC3CCCO3)ccn2)c1. The molecule has 2 heterocycles. The van der Waals surface area contributed by atoms with Crippen LogP contribution in [-0.2, 0) is 4.74 Å². The monoisotopic (exact) mass is 353 g/mol. The van der Waals surface area contributed by atoms with E-state index in [4.69, 9.17) is 4.74 Å². The number of aromatic nitrogens is 1. The molecular weight excluding hydrogens is 330 g/mol. The van der Waals surface area contributed by atoms with Gasteiger partial charge in [0, 0.05) is 30.6 Å². The average Bonchev–Trinajstić information content (AvgIpc) is 3.16. The number of carbonyl (C=O) groups is 2. The number of ether oxygens (including phenoxy) is 1. The van der Waals surface area contributed by atoms with E-state index in [2.05, 4.69) is 15.6 Å². The van der Waals surface area contributed by atoms with E-state index in [1.165, 1.54) is 12.3 Å². The first-order valence-electron chi connectivity index (χ1n) is 8.77. The normalized spacial score (nSPS) is 16.3. The molecule has 0 saturated carbocycles. The summed E-state index contributed by atoms with van der Waals surface area (Å²) in [5, 5.41) is 5.71. The molecule has 2 N–H and O–H groups in total. The number of hydrogen-bond acceptors (Lipinski definition) is 4. The fraction of sp³-hybridized carbons (Fsp3) is 0.350. The first-order chi connectivity index (χ1) is 12.5. The smallest absolute Gasteiger partial charge is 0.274 e. The van der Waals surface area contributed by atoms with Crippen LogP contribution in [0.1, 0.15) is 44.8 Å². The molecule has 0 spiro atoms. The molecule has 6 nitrogen and oxygen atoms in total. The Balaban J connectivity index is 1.66. The Morgan fingerprint density at radius 3 is 2.81 bits per heavy atom. The molecule has 2 amide bonds. The number of carbonyl (C=O) groups excluding carboxylic acids is 2. The second-order valence-corrected chi connectivity index (χ2v) is 6.55. The second kappa shape index (κ2) is 8.10. The Morgan fingerprint density at radius 2 is 2.04 bits per heavy atom. The lowest BCUT2D eigenvalue weighted by molar-refractivity contribution is 0.0857. The van der Waals surface area contributed by atoms with Gasteiger partial charge in [-0.3, -0.25) is 14.6 Å². The zero-order chi connectivity index (χ0) is 18.5. The molecule has 1 saturated heterocycles. The van der Waals surface area contributed by atoms with E-state index >= 15 is 0 Å². The molecule has 26 heavy (non-hydrogen) atoms. The molecule has 1 aromatic carbocycles. The summed E-state index contributed by atoms with van der Waals surface area (Å²) in [6, 6.07) is 8.95. The number of nitrogens with one attached hydrogen (secondary N) is 2. The molecule has 0 radical (unpaired) electrons. The van der Waals surface area contributed by atoms with Crippen LogP contribution >= 0.6 is 0 Å². The van der Waals surface area contributed by atoms with Gasteiger partial charge in [0.05, 0.1) is 6.10 Å². The zero-order valence-electron chi connectivity index (χ0n) is 15.0. The third-order valence-electron chi connectivity index (χ3n) is 4.41. The molecule has 0 aliphatic carbocycles. The summed E-state index contributed by atoms with van der Waals surface area (Å²) >= 11 is 0. The summed E-state index contributed by atoms with van der Waals surface area (Å²) in [6.45, 7) is 5.12. The van der Waals surface area contributed by atoms with Crippen molar-refractivity contribution < 1.29 is 14.3 Å². The van der Waals surface area contributed by atoms with Gasteiger partial charge < -0.3 is 15.4 Å². The molecule has 1 aliphatic rings. The van der Waals surface area contributed by atoms with E-state index < -0.39 is 0 Å². The lowest BCUT2D eigenvalue weighted by Gasteiger charge is -2.12. The van der Waals surface area contributed by atoms with Crippen LogP contribution in [0.15, 0.2) is 36.5 Å². The van der Waals surface area contributed by atoms with Gasteiger partial charge in [-0.2, -0.15) is 0 Å². The highest BCUT2D eigenvalue weighted by molar-refractivity contribution is 6.05. The van der Waals surface area contributed by atoms with Gasteiger partial charge in [0.15, 0.2) is 0 Å². The Hall–Kier alpha value is -2.73. The zero-order valence-corrected chi connectivity index (χ0v) is 15.0. The van der Waals surface area contributed by atoms with Crippen LogP contribution in [0.4, 0.5) is 5.69 Å². The predicted octanol–water partition coefficient (Wildman–Crippen LogP) is 2.86. The number of benzene rings is 1. The van der Waals surface area contributed by atoms with Crippen molar-refractivity contribution in [1.82, 2.24) is 10.3 Å². The van der Waals surface area contributed by atoms with E-state index in [-0.39, 0.29) is 23.6 Å². The highest BCUT2D eigenvalue weighted by atomic mass is 16.5. The molecule has 1 aliphatic heterocycles. The Bertz CT molecular complexity index is 814. The standard InChI is InChI=1S/C20H23N3O3/c1-13-5-6-14(2)17(10-13)23-20(25)18-11-15(7-8-21-18)19(24)22-12-16-4-3-9-26-16/h5-8,10-11,16H,3-4,9,12H2,1-2H3,(H,22,24)(H,23,25). The van der Waals surface area contributed by atoms with Crippen molar-refractivity contribution in [2.45, 2.75) is 32.8 Å². The third-order valence-corrected chi connectivity index (χ3v) is 4.41. The minimum absolute atomic E-state index is 0.0767. The summed E-state index contributed by atoms with van der Waals surface area (Å²) in [5.74, 6) is -0.573. The minimum atomic E-state index is -0.340. The number of hydrogen-bond donors (Lipinski definition) is 2. The third kappa shape index (κ3) is 4.46. The Morgan fingerprint density at radius 1 is 1.19 bits per heavy atom. The van der Waals surface area contributed by atoms with Gasteiger partial charge in [0.2, 0.25) is 0 Å². The highest BCUT2D eigenvalue weighted by Crippen LogP contribution is 2.17. The van der Waals surface area contributed by atoms with E-state index in [1.807, 2.05) is 32.0 Å². The molecule has 136 valence electrons. The summed E-state index contributed by atoms with van der Waals surface area (Å²) < 4.78 is 5.50. The number of rotatable bonds is 5. The lowest BCUT2D eigenvalue weighted by atomic mass is 10.1.